The van der Waals surface area contributed by atoms with Crippen molar-refractivity contribution < 1.29 is 9.59 Å². The van der Waals surface area contributed by atoms with Crippen molar-refractivity contribution in [3.63, 3.8) is 0 Å². The van der Waals surface area contributed by atoms with Crippen LogP contribution in [0.1, 0.15) is 36.2 Å². The van der Waals surface area contributed by atoms with E-state index in [1.54, 1.807) is 17.8 Å². The molecule has 0 bridgehead atoms. The summed E-state index contributed by atoms with van der Waals surface area (Å²) in [7, 11) is 0. The van der Waals surface area contributed by atoms with Crippen LogP contribution in [0.5, 0.6) is 0 Å². The molecule has 27 heavy (non-hydrogen) atoms. The highest BCUT2D eigenvalue weighted by Crippen LogP contribution is 2.16. The molecule has 0 aliphatic rings. The van der Waals surface area contributed by atoms with Crippen molar-refractivity contribution in [2.75, 3.05) is 12.3 Å². The van der Waals surface area contributed by atoms with Crippen molar-refractivity contribution >= 4 is 23.6 Å². The predicted octanol–water partition coefficient (Wildman–Crippen LogP) is 4.05. The zero-order chi connectivity index (χ0) is 19.6. The number of nitrogens with one attached hydrogen (secondary N) is 2. The van der Waals surface area contributed by atoms with Gasteiger partial charge in [-0.1, -0.05) is 50.2 Å². The normalized spacial score (nSPS) is 11.9. The predicted molar refractivity (Wildman–Crippen MR) is 112 cm³/mol. The Balaban J connectivity index is 1.89. The number of hydrogen-bond donors (Lipinski definition) is 2. The molecule has 5 heteroatoms. The van der Waals surface area contributed by atoms with Gasteiger partial charge in [-0.05, 0) is 43.0 Å². The summed E-state index contributed by atoms with van der Waals surface area (Å²) in [6.45, 7) is 6.55. The molecule has 144 valence electrons. The second-order valence-corrected chi connectivity index (χ2v) is 8.09. The first kappa shape index (κ1) is 21.0. The van der Waals surface area contributed by atoms with E-state index >= 15 is 0 Å². The largest absolute Gasteiger partial charge is 0.353 e. The van der Waals surface area contributed by atoms with Crippen LogP contribution in [-0.2, 0) is 4.79 Å². The van der Waals surface area contributed by atoms with E-state index in [2.05, 4.69) is 22.8 Å². The van der Waals surface area contributed by atoms with Gasteiger partial charge in [-0.3, -0.25) is 9.59 Å². The molecular weight excluding hydrogens is 356 g/mol. The molecule has 0 radical (unpaired) electrons. The fourth-order valence-corrected chi connectivity index (χ4v) is 3.54. The highest BCUT2D eigenvalue weighted by atomic mass is 32.2. The van der Waals surface area contributed by atoms with Gasteiger partial charge in [-0.25, -0.2) is 0 Å². The van der Waals surface area contributed by atoms with Gasteiger partial charge in [0.05, 0.1) is 0 Å². The Bertz CT molecular complexity index is 747. The van der Waals surface area contributed by atoms with Crippen molar-refractivity contribution in [3.8, 4) is 0 Å². The quantitative estimate of drug-likeness (QED) is 0.507. The molecule has 0 heterocycles. The van der Waals surface area contributed by atoms with Crippen molar-refractivity contribution in [1.29, 1.82) is 0 Å². The molecule has 0 aliphatic carbocycles. The van der Waals surface area contributed by atoms with Crippen LogP contribution in [0.25, 0.3) is 0 Å². The summed E-state index contributed by atoms with van der Waals surface area (Å²) >= 11 is 1.70. The molecule has 0 fully saturated rings. The first-order valence-electron chi connectivity index (χ1n) is 9.29. The molecule has 2 aromatic rings. The second kappa shape index (κ2) is 10.8. The van der Waals surface area contributed by atoms with Gasteiger partial charge in [-0.15, -0.1) is 11.8 Å². The lowest BCUT2D eigenvalue weighted by molar-refractivity contribution is -0.123. The Labute approximate surface area is 166 Å². The highest BCUT2D eigenvalue weighted by Gasteiger charge is 2.22. The Morgan fingerprint density at radius 2 is 1.67 bits per heavy atom. The third-order valence-electron chi connectivity index (χ3n) is 4.13. The number of carbonyl (C=O) groups excluding carboxylic acids is 2. The molecule has 2 amide bonds. The minimum absolute atomic E-state index is 0.126. The lowest BCUT2D eigenvalue weighted by Crippen LogP contribution is -2.48. The third-order valence-corrected chi connectivity index (χ3v) is 5.15. The van der Waals surface area contributed by atoms with E-state index in [4.69, 9.17) is 0 Å². The van der Waals surface area contributed by atoms with Gasteiger partial charge < -0.3 is 10.6 Å². The fourth-order valence-electron chi connectivity index (χ4n) is 2.75. The number of carbonyl (C=O) groups is 2. The Hall–Kier alpha value is -2.27. The lowest BCUT2D eigenvalue weighted by atomic mass is 10.0. The van der Waals surface area contributed by atoms with Crippen molar-refractivity contribution in [2.24, 2.45) is 5.92 Å². The number of hydrogen-bond acceptors (Lipinski definition) is 3. The smallest absolute Gasteiger partial charge is 0.252 e. The number of amides is 2. The average molecular weight is 385 g/mol. The summed E-state index contributed by atoms with van der Waals surface area (Å²) in [5.74, 6) is 0.763. The first-order chi connectivity index (χ1) is 13.0. The standard InChI is InChI=1S/C22H28N2O2S/c1-16(2)15-20(24-21(25)19-12-8-7-9-17(19)3)22(26)23-13-14-27-18-10-5-4-6-11-18/h4-12,16,20H,13-15H2,1-3H3,(H,23,26)(H,24,25)/t20-/m1/s1. The van der Waals surface area contributed by atoms with Crippen LogP contribution in [0, 0.1) is 12.8 Å². The van der Waals surface area contributed by atoms with E-state index in [0.717, 1.165) is 11.3 Å². The molecule has 2 rings (SSSR count). The first-order valence-corrected chi connectivity index (χ1v) is 10.3. The number of benzene rings is 2. The molecular formula is C22H28N2O2S. The zero-order valence-corrected chi connectivity index (χ0v) is 17.0. The van der Waals surface area contributed by atoms with Gasteiger partial charge in [0, 0.05) is 22.8 Å². The molecule has 4 nitrogen and oxygen atoms in total. The highest BCUT2D eigenvalue weighted by molar-refractivity contribution is 7.99. The van der Waals surface area contributed by atoms with Crippen molar-refractivity contribution in [3.05, 3.63) is 65.7 Å². The molecule has 2 N–H and O–H groups in total. The average Bonchev–Trinajstić information content (AvgIpc) is 2.65. The lowest BCUT2D eigenvalue weighted by Gasteiger charge is -2.20. The SMILES string of the molecule is Cc1ccccc1C(=O)N[C@H](CC(C)C)C(=O)NCCSc1ccccc1. The number of aryl methyl sites for hydroxylation is 1. The molecule has 0 unspecified atom stereocenters. The summed E-state index contributed by atoms with van der Waals surface area (Å²) in [5.41, 5.74) is 1.51. The van der Waals surface area contributed by atoms with Crippen LogP contribution in [-0.4, -0.2) is 30.2 Å². The van der Waals surface area contributed by atoms with E-state index in [1.165, 1.54) is 4.90 Å². The topological polar surface area (TPSA) is 58.2 Å². The zero-order valence-electron chi connectivity index (χ0n) is 16.2. The summed E-state index contributed by atoms with van der Waals surface area (Å²) in [5, 5.41) is 5.86. The molecule has 0 aromatic heterocycles. The van der Waals surface area contributed by atoms with Crippen molar-refractivity contribution in [1.82, 2.24) is 10.6 Å². The second-order valence-electron chi connectivity index (χ2n) is 6.92. The Kier molecular flexibility index (Phi) is 8.40. The van der Waals surface area contributed by atoms with Crippen LogP contribution in [0.4, 0.5) is 0 Å². The monoisotopic (exact) mass is 384 g/mol. The van der Waals surface area contributed by atoms with E-state index in [0.29, 0.717) is 24.4 Å². The maximum atomic E-state index is 12.6. The summed E-state index contributed by atoms with van der Waals surface area (Å²) in [4.78, 5) is 26.4. The van der Waals surface area contributed by atoms with Crippen molar-refractivity contribution in [2.45, 2.75) is 38.1 Å². The summed E-state index contributed by atoms with van der Waals surface area (Å²) in [6, 6.07) is 17.0. The minimum atomic E-state index is -0.529. The van der Waals surface area contributed by atoms with Gasteiger partial charge in [0.25, 0.3) is 5.91 Å². The van der Waals surface area contributed by atoms with Gasteiger partial charge in [0.2, 0.25) is 5.91 Å². The van der Waals surface area contributed by atoms with E-state index in [9.17, 15) is 9.59 Å². The van der Waals surface area contributed by atoms with Crippen LogP contribution in [0.15, 0.2) is 59.5 Å². The molecule has 0 aliphatic heterocycles. The van der Waals surface area contributed by atoms with E-state index in [-0.39, 0.29) is 11.8 Å². The number of rotatable bonds is 9. The minimum Gasteiger partial charge on any atom is -0.353 e. The molecule has 2 aromatic carbocycles. The Morgan fingerprint density at radius 3 is 2.33 bits per heavy atom. The van der Waals surface area contributed by atoms with Gasteiger partial charge >= 0.3 is 0 Å². The van der Waals surface area contributed by atoms with E-state index < -0.39 is 6.04 Å². The maximum absolute atomic E-state index is 12.6. The summed E-state index contributed by atoms with van der Waals surface area (Å²) in [6.07, 6.45) is 0.606. The number of thioether (sulfide) groups is 1. The molecule has 0 saturated heterocycles. The van der Waals surface area contributed by atoms with Crippen LogP contribution in [0.2, 0.25) is 0 Å². The third kappa shape index (κ3) is 7.10. The van der Waals surface area contributed by atoms with Gasteiger partial charge in [-0.2, -0.15) is 0 Å². The van der Waals surface area contributed by atoms with Gasteiger partial charge in [0.1, 0.15) is 6.04 Å². The summed E-state index contributed by atoms with van der Waals surface area (Å²) < 4.78 is 0. The fraction of sp³-hybridized carbons (Fsp3) is 0.364. The molecule has 0 spiro atoms. The maximum Gasteiger partial charge on any atom is 0.252 e. The molecule has 0 saturated carbocycles. The van der Waals surface area contributed by atoms with Gasteiger partial charge in [0.15, 0.2) is 0 Å². The molecule has 1 atom stereocenters. The van der Waals surface area contributed by atoms with Crippen LogP contribution < -0.4 is 10.6 Å². The van der Waals surface area contributed by atoms with E-state index in [1.807, 2.05) is 57.2 Å². The van der Waals surface area contributed by atoms with Crippen LogP contribution in [0.3, 0.4) is 0 Å². The Morgan fingerprint density at radius 1 is 1.00 bits per heavy atom. The van der Waals surface area contributed by atoms with Crippen LogP contribution >= 0.6 is 11.8 Å².